The Bertz CT molecular complexity index is 235. The Morgan fingerprint density at radius 1 is 1.67 bits per heavy atom. The molecule has 0 aliphatic carbocycles. The first kappa shape index (κ1) is 9.55. The van der Waals surface area contributed by atoms with E-state index in [9.17, 15) is 4.79 Å². The number of carbonyl (C=O) groups is 1. The first-order valence-corrected chi connectivity index (χ1v) is 5.14. The van der Waals surface area contributed by atoms with Gasteiger partial charge in [-0.3, -0.25) is 4.79 Å². The van der Waals surface area contributed by atoms with Crippen LogP contribution in [0.15, 0.2) is 16.8 Å². The van der Waals surface area contributed by atoms with Crippen LogP contribution in [-0.4, -0.2) is 11.8 Å². The van der Waals surface area contributed by atoms with Crippen LogP contribution in [-0.2, 0) is 11.3 Å². The minimum atomic E-state index is 0.0104. The highest BCUT2D eigenvalue weighted by Gasteiger charge is 1.99. The largest absolute Gasteiger partial charge is 0.352 e. The minimum Gasteiger partial charge on any atom is -0.352 e. The van der Waals surface area contributed by atoms with Crippen molar-refractivity contribution in [3.8, 4) is 0 Å². The molecule has 0 spiro atoms. The molecule has 4 heteroatoms. The van der Waals surface area contributed by atoms with E-state index in [2.05, 4.69) is 5.32 Å². The van der Waals surface area contributed by atoms with Crippen LogP contribution in [0.1, 0.15) is 12.0 Å². The second kappa shape index (κ2) is 5.17. The molecular formula is C8H10ClNOS. The molecule has 0 radical (unpaired) electrons. The van der Waals surface area contributed by atoms with Crippen LogP contribution in [0, 0.1) is 0 Å². The van der Waals surface area contributed by atoms with Crippen LogP contribution in [0.5, 0.6) is 0 Å². The molecule has 1 amide bonds. The average Bonchev–Trinajstić information content (AvgIpc) is 2.53. The summed E-state index contributed by atoms with van der Waals surface area (Å²) < 4.78 is 0. The molecule has 0 bridgehead atoms. The molecule has 0 atom stereocenters. The lowest BCUT2D eigenvalue weighted by molar-refractivity contribution is -0.120. The lowest BCUT2D eigenvalue weighted by Crippen LogP contribution is -2.22. The van der Waals surface area contributed by atoms with Gasteiger partial charge in [0.15, 0.2) is 0 Å². The summed E-state index contributed by atoms with van der Waals surface area (Å²) in [5.41, 5.74) is 1.14. The number of thiophene rings is 1. The molecule has 2 nitrogen and oxygen atoms in total. The third-order valence-electron chi connectivity index (χ3n) is 1.39. The van der Waals surface area contributed by atoms with E-state index in [1.54, 1.807) is 11.3 Å². The summed E-state index contributed by atoms with van der Waals surface area (Å²) in [7, 11) is 0. The molecule has 0 aromatic carbocycles. The predicted octanol–water partition coefficient (Wildman–Crippen LogP) is 1.99. The highest BCUT2D eigenvalue weighted by Crippen LogP contribution is 2.04. The van der Waals surface area contributed by atoms with E-state index >= 15 is 0 Å². The topological polar surface area (TPSA) is 29.1 Å². The van der Waals surface area contributed by atoms with Gasteiger partial charge in [0.1, 0.15) is 0 Å². The van der Waals surface area contributed by atoms with Gasteiger partial charge < -0.3 is 5.32 Å². The average molecular weight is 204 g/mol. The van der Waals surface area contributed by atoms with Crippen LogP contribution in [0.3, 0.4) is 0 Å². The summed E-state index contributed by atoms with van der Waals surface area (Å²) in [6, 6.07) is 1.99. The molecule has 1 rings (SSSR count). The fourth-order valence-electron chi connectivity index (χ4n) is 0.768. The first-order valence-electron chi connectivity index (χ1n) is 3.66. The lowest BCUT2D eigenvalue weighted by atomic mass is 10.3. The van der Waals surface area contributed by atoms with Crippen molar-refractivity contribution in [2.45, 2.75) is 13.0 Å². The molecule has 0 aliphatic heterocycles. The number of carbonyl (C=O) groups excluding carboxylic acids is 1. The molecular weight excluding hydrogens is 194 g/mol. The fourth-order valence-corrected chi connectivity index (χ4v) is 1.61. The number of amides is 1. The molecule has 0 fully saturated rings. The van der Waals surface area contributed by atoms with Crippen molar-refractivity contribution >= 4 is 28.8 Å². The summed E-state index contributed by atoms with van der Waals surface area (Å²) in [5.74, 6) is 0.395. The maximum atomic E-state index is 10.9. The van der Waals surface area contributed by atoms with Crippen molar-refractivity contribution in [3.63, 3.8) is 0 Å². The third-order valence-corrected chi connectivity index (χ3v) is 2.31. The number of hydrogen-bond acceptors (Lipinski definition) is 2. The van der Waals surface area contributed by atoms with Gasteiger partial charge in [0, 0.05) is 18.8 Å². The summed E-state index contributed by atoms with van der Waals surface area (Å²) in [5, 5.41) is 6.77. The van der Waals surface area contributed by atoms with Gasteiger partial charge in [-0.1, -0.05) is 0 Å². The Morgan fingerprint density at radius 2 is 2.50 bits per heavy atom. The molecule has 1 N–H and O–H groups in total. The van der Waals surface area contributed by atoms with Gasteiger partial charge in [0.05, 0.1) is 0 Å². The van der Waals surface area contributed by atoms with Crippen molar-refractivity contribution in [1.29, 1.82) is 0 Å². The summed E-state index contributed by atoms with van der Waals surface area (Å²) >= 11 is 7.03. The van der Waals surface area contributed by atoms with E-state index in [4.69, 9.17) is 11.6 Å². The number of rotatable bonds is 4. The van der Waals surface area contributed by atoms with Gasteiger partial charge in [-0.15, -0.1) is 11.6 Å². The van der Waals surface area contributed by atoms with Crippen molar-refractivity contribution < 1.29 is 4.79 Å². The van der Waals surface area contributed by atoms with Crippen molar-refractivity contribution in [3.05, 3.63) is 22.4 Å². The van der Waals surface area contributed by atoms with Crippen LogP contribution in [0.4, 0.5) is 0 Å². The Labute approximate surface area is 80.5 Å². The SMILES string of the molecule is O=C(CCCl)NCc1ccsc1. The number of alkyl halides is 1. The number of nitrogens with one attached hydrogen (secondary N) is 1. The van der Waals surface area contributed by atoms with E-state index in [1.165, 1.54) is 0 Å². The second-order valence-electron chi connectivity index (χ2n) is 2.35. The van der Waals surface area contributed by atoms with E-state index < -0.39 is 0 Å². The predicted molar refractivity (Wildman–Crippen MR) is 51.5 cm³/mol. The smallest absolute Gasteiger partial charge is 0.221 e. The zero-order valence-electron chi connectivity index (χ0n) is 6.55. The molecule has 12 heavy (non-hydrogen) atoms. The van der Waals surface area contributed by atoms with E-state index in [0.29, 0.717) is 18.8 Å². The van der Waals surface area contributed by atoms with Gasteiger partial charge in [0.2, 0.25) is 5.91 Å². The second-order valence-corrected chi connectivity index (χ2v) is 3.51. The Morgan fingerprint density at radius 3 is 3.08 bits per heavy atom. The third kappa shape index (κ3) is 3.24. The van der Waals surface area contributed by atoms with Crippen LogP contribution in [0.25, 0.3) is 0 Å². The molecule has 0 unspecified atom stereocenters. The zero-order valence-corrected chi connectivity index (χ0v) is 8.12. The van der Waals surface area contributed by atoms with Crippen molar-refractivity contribution in [2.24, 2.45) is 0 Å². The molecule has 66 valence electrons. The maximum Gasteiger partial charge on any atom is 0.221 e. The Balaban J connectivity index is 2.22. The standard InChI is InChI=1S/C8H10ClNOS/c9-3-1-8(11)10-5-7-2-4-12-6-7/h2,4,6H,1,3,5H2,(H,10,11). The molecule has 1 aromatic rings. The van der Waals surface area contributed by atoms with Crippen molar-refractivity contribution in [1.82, 2.24) is 5.32 Å². The Hall–Kier alpha value is -0.540. The Kier molecular flexibility index (Phi) is 4.11. The van der Waals surface area contributed by atoms with E-state index in [1.807, 2.05) is 16.8 Å². The summed E-state index contributed by atoms with van der Waals surface area (Å²) in [6.07, 6.45) is 0.395. The number of halogens is 1. The lowest BCUT2D eigenvalue weighted by Gasteiger charge is -2.00. The normalized spacial score (nSPS) is 9.75. The zero-order chi connectivity index (χ0) is 8.81. The molecule has 0 saturated heterocycles. The quantitative estimate of drug-likeness (QED) is 0.746. The van der Waals surface area contributed by atoms with E-state index in [-0.39, 0.29) is 5.91 Å². The van der Waals surface area contributed by atoms with Gasteiger partial charge in [-0.05, 0) is 22.4 Å². The van der Waals surface area contributed by atoms with Gasteiger partial charge in [-0.2, -0.15) is 11.3 Å². The molecule has 0 aliphatic rings. The van der Waals surface area contributed by atoms with Crippen LogP contribution < -0.4 is 5.32 Å². The van der Waals surface area contributed by atoms with E-state index in [0.717, 1.165) is 5.56 Å². The fraction of sp³-hybridized carbons (Fsp3) is 0.375. The van der Waals surface area contributed by atoms with Crippen LogP contribution >= 0.6 is 22.9 Å². The maximum absolute atomic E-state index is 10.9. The van der Waals surface area contributed by atoms with Crippen molar-refractivity contribution in [2.75, 3.05) is 5.88 Å². The molecule has 0 saturated carbocycles. The monoisotopic (exact) mass is 203 g/mol. The highest BCUT2D eigenvalue weighted by atomic mass is 35.5. The number of hydrogen-bond donors (Lipinski definition) is 1. The van der Waals surface area contributed by atoms with Gasteiger partial charge in [-0.25, -0.2) is 0 Å². The highest BCUT2D eigenvalue weighted by molar-refractivity contribution is 7.07. The first-order chi connectivity index (χ1) is 5.83. The van der Waals surface area contributed by atoms with Gasteiger partial charge >= 0.3 is 0 Å². The summed E-state index contributed by atoms with van der Waals surface area (Å²) in [6.45, 7) is 0.610. The minimum absolute atomic E-state index is 0.0104. The molecule has 1 heterocycles. The van der Waals surface area contributed by atoms with Crippen LogP contribution in [0.2, 0.25) is 0 Å². The van der Waals surface area contributed by atoms with Gasteiger partial charge in [0.25, 0.3) is 0 Å². The molecule has 1 aromatic heterocycles. The summed E-state index contributed by atoms with van der Waals surface area (Å²) in [4.78, 5) is 10.9.